The zero-order chi connectivity index (χ0) is 19.3. The molecule has 1 saturated heterocycles. The summed E-state index contributed by atoms with van der Waals surface area (Å²) in [6, 6.07) is 2.47. The number of likely N-dealkylation sites (tertiary alicyclic amines) is 1. The minimum atomic E-state index is -0.00668. The normalized spacial score (nSPS) is 23.9. The van der Waals surface area contributed by atoms with Crippen molar-refractivity contribution in [2.45, 2.75) is 25.8 Å². The Bertz CT molecular complexity index is 1000. The van der Waals surface area contributed by atoms with E-state index in [-0.39, 0.29) is 6.03 Å². The van der Waals surface area contributed by atoms with Crippen LogP contribution in [0.1, 0.15) is 17.8 Å². The summed E-state index contributed by atoms with van der Waals surface area (Å²) in [5.74, 6) is 2.07. The lowest BCUT2D eigenvalue weighted by atomic mass is 10.0. The molecule has 2 fully saturated rings. The van der Waals surface area contributed by atoms with E-state index in [2.05, 4.69) is 37.2 Å². The molecule has 2 amide bonds. The van der Waals surface area contributed by atoms with E-state index in [1.54, 1.807) is 12.5 Å². The fourth-order valence-electron chi connectivity index (χ4n) is 4.67. The van der Waals surface area contributed by atoms with Gasteiger partial charge in [0.2, 0.25) is 0 Å². The van der Waals surface area contributed by atoms with Gasteiger partial charge in [0, 0.05) is 32.4 Å². The van der Waals surface area contributed by atoms with E-state index >= 15 is 0 Å². The smallest absolute Gasteiger partial charge is 0.322 e. The molecule has 0 aromatic carbocycles. The highest BCUT2D eigenvalue weighted by atomic mass is 32.1. The number of carbonyl (C=O) groups is 1. The largest absolute Gasteiger partial charge is 0.356 e. The Labute approximate surface area is 167 Å². The standard InChI is InChI=1S/C19H23N7OS/c1-11-21-7-16(28-11)24-19(27)26-8-12-5-14(6-13(12)9-26)25(2)18-15-3-4-20-17(15)22-10-23-18/h3-4,7,10,12-14H,5-6,8-9H2,1-2H3,(H,24,27)(H,20,22,23). The number of urea groups is 1. The van der Waals surface area contributed by atoms with E-state index in [1.165, 1.54) is 11.3 Å². The minimum Gasteiger partial charge on any atom is -0.356 e. The summed E-state index contributed by atoms with van der Waals surface area (Å²) >= 11 is 1.51. The highest BCUT2D eigenvalue weighted by Gasteiger charge is 2.44. The van der Waals surface area contributed by atoms with Crippen molar-refractivity contribution in [1.29, 1.82) is 0 Å². The number of rotatable bonds is 3. The summed E-state index contributed by atoms with van der Waals surface area (Å²) in [6.45, 7) is 3.58. The number of hydrogen-bond acceptors (Lipinski definition) is 6. The van der Waals surface area contributed by atoms with Crippen LogP contribution in [0.3, 0.4) is 0 Å². The Morgan fingerprint density at radius 3 is 2.79 bits per heavy atom. The Kier molecular flexibility index (Phi) is 4.19. The number of nitrogens with one attached hydrogen (secondary N) is 2. The second-order valence-electron chi connectivity index (χ2n) is 7.77. The van der Waals surface area contributed by atoms with Gasteiger partial charge >= 0.3 is 6.03 Å². The van der Waals surface area contributed by atoms with Gasteiger partial charge in [-0.1, -0.05) is 0 Å². The fourth-order valence-corrected chi connectivity index (χ4v) is 5.33. The van der Waals surface area contributed by atoms with Gasteiger partial charge in [0.1, 0.15) is 22.8 Å². The Hall–Kier alpha value is -2.68. The van der Waals surface area contributed by atoms with E-state index in [4.69, 9.17) is 0 Å². The molecule has 1 saturated carbocycles. The molecule has 4 heterocycles. The van der Waals surface area contributed by atoms with Crippen molar-refractivity contribution in [3.05, 3.63) is 29.8 Å². The van der Waals surface area contributed by atoms with Gasteiger partial charge < -0.3 is 14.8 Å². The van der Waals surface area contributed by atoms with Crippen molar-refractivity contribution in [2.75, 3.05) is 30.4 Å². The molecule has 0 radical (unpaired) electrons. The number of anilines is 2. The molecular formula is C19H23N7OS. The average molecular weight is 398 g/mol. The Morgan fingerprint density at radius 2 is 2.07 bits per heavy atom. The highest BCUT2D eigenvalue weighted by molar-refractivity contribution is 7.15. The topological polar surface area (TPSA) is 90.0 Å². The summed E-state index contributed by atoms with van der Waals surface area (Å²) in [4.78, 5) is 33.0. The number of thiazole rings is 1. The van der Waals surface area contributed by atoms with Gasteiger partial charge in [-0.2, -0.15) is 0 Å². The molecule has 1 aliphatic heterocycles. The van der Waals surface area contributed by atoms with Gasteiger partial charge in [-0.05, 0) is 37.7 Å². The number of aromatic nitrogens is 4. The molecule has 0 spiro atoms. The Balaban J connectivity index is 1.23. The van der Waals surface area contributed by atoms with Crippen molar-refractivity contribution in [3.63, 3.8) is 0 Å². The molecule has 0 bridgehead atoms. The fraction of sp³-hybridized carbons (Fsp3) is 0.474. The lowest BCUT2D eigenvalue weighted by Crippen LogP contribution is -2.36. The van der Waals surface area contributed by atoms with Crippen LogP contribution in [-0.2, 0) is 0 Å². The summed E-state index contributed by atoms with van der Waals surface area (Å²) in [5, 5.41) is 5.82. The summed E-state index contributed by atoms with van der Waals surface area (Å²) in [6.07, 6.45) is 7.42. The highest BCUT2D eigenvalue weighted by Crippen LogP contribution is 2.41. The van der Waals surface area contributed by atoms with Crippen LogP contribution in [0.5, 0.6) is 0 Å². The van der Waals surface area contributed by atoms with E-state index in [0.717, 1.165) is 52.8 Å². The van der Waals surface area contributed by atoms with Crippen LogP contribution in [0.2, 0.25) is 0 Å². The van der Waals surface area contributed by atoms with Crippen molar-refractivity contribution in [1.82, 2.24) is 24.8 Å². The lowest BCUT2D eigenvalue weighted by molar-refractivity contribution is 0.218. The zero-order valence-electron chi connectivity index (χ0n) is 15.9. The van der Waals surface area contributed by atoms with Crippen LogP contribution in [0.15, 0.2) is 24.8 Å². The molecule has 2 atom stereocenters. The molecule has 1 aliphatic carbocycles. The number of aryl methyl sites for hydroxylation is 1. The monoisotopic (exact) mass is 397 g/mol. The Morgan fingerprint density at radius 1 is 1.29 bits per heavy atom. The number of amides is 2. The van der Waals surface area contributed by atoms with Crippen LogP contribution >= 0.6 is 11.3 Å². The van der Waals surface area contributed by atoms with Crippen LogP contribution in [0.4, 0.5) is 15.6 Å². The minimum absolute atomic E-state index is 0.00668. The first-order valence-corrected chi connectivity index (χ1v) is 10.4. The van der Waals surface area contributed by atoms with Crippen molar-refractivity contribution in [3.8, 4) is 0 Å². The zero-order valence-corrected chi connectivity index (χ0v) is 16.7. The molecule has 2 N–H and O–H groups in total. The van der Waals surface area contributed by atoms with Crippen molar-refractivity contribution >= 4 is 39.2 Å². The van der Waals surface area contributed by atoms with E-state index < -0.39 is 0 Å². The van der Waals surface area contributed by atoms with Crippen LogP contribution in [0, 0.1) is 18.8 Å². The van der Waals surface area contributed by atoms with Gasteiger partial charge in [-0.3, -0.25) is 5.32 Å². The maximum atomic E-state index is 12.6. The first-order chi connectivity index (χ1) is 13.6. The quantitative estimate of drug-likeness (QED) is 0.709. The molecule has 2 unspecified atom stereocenters. The number of carbonyl (C=O) groups excluding carboxylic acids is 1. The average Bonchev–Trinajstić information content (AvgIpc) is 3.43. The van der Waals surface area contributed by atoms with Crippen LogP contribution in [-0.4, -0.2) is 57.0 Å². The molecular weight excluding hydrogens is 374 g/mol. The van der Waals surface area contributed by atoms with Gasteiger partial charge in [0.05, 0.1) is 16.6 Å². The number of H-pyrrole nitrogens is 1. The predicted octanol–water partition coefficient (Wildman–Crippen LogP) is 3.10. The third kappa shape index (κ3) is 2.99. The third-order valence-corrected chi connectivity index (χ3v) is 6.91. The molecule has 146 valence electrons. The molecule has 3 aromatic rings. The second-order valence-corrected chi connectivity index (χ2v) is 9.01. The van der Waals surface area contributed by atoms with Crippen LogP contribution in [0.25, 0.3) is 11.0 Å². The first kappa shape index (κ1) is 17.4. The second kappa shape index (κ2) is 6.73. The number of nitrogens with zero attached hydrogens (tertiary/aromatic N) is 5. The van der Waals surface area contributed by atoms with E-state index in [1.807, 2.05) is 24.1 Å². The third-order valence-electron chi connectivity index (χ3n) is 6.08. The van der Waals surface area contributed by atoms with Gasteiger partial charge in [0.25, 0.3) is 0 Å². The lowest BCUT2D eigenvalue weighted by Gasteiger charge is -2.28. The number of hydrogen-bond donors (Lipinski definition) is 2. The maximum absolute atomic E-state index is 12.6. The van der Waals surface area contributed by atoms with Crippen molar-refractivity contribution < 1.29 is 4.79 Å². The number of fused-ring (bicyclic) bond motifs is 2. The summed E-state index contributed by atoms with van der Waals surface area (Å²) in [7, 11) is 2.12. The van der Waals surface area contributed by atoms with Crippen LogP contribution < -0.4 is 10.2 Å². The molecule has 28 heavy (non-hydrogen) atoms. The molecule has 3 aromatic heterocycles. The molecule has 5 rings (SSSR count). The van der Waals surface area contributed by atoms with E-state index in [9.17, 15) is 4.79 Å². The molecule has 8 nitrogen and oxygen atoms in total. The van der Waals surface area contributed by atoms with E-state index in [0.29, 0.717) is 17.9 Å². The molecule has 2 aliphatic rings. The van der Waals surface area contributed by atoms with Gasteiger partial charge in [0.15, 0.2) is 0 Å². The summed E-state index contributed by atoms with van der Waals surface area (Å²) in [5.41, 5.74) is 0.871. The summed E-state index contributed by atoms with van der Waals surface area (Å²) < 4.78 is 0. The number of aromatic amines is 1. The van der Waals surface area contributed by atoms with Gasteiger partial charge in [-0.25, -0.2) is 19.7 Å². The molecule has 9 heteroatoms. The predicted molar refractivity (Wildman–Crippen MR) is 110 cm³/mol. The van der Waals surface area contributed by atoms with Crippen molar-refractivity contribution in [2.24, 2.45) is 11.8 Å². The maximum Gasteiger partial charge on any atom is 0.322 e. The first-order valence-electron chi connectivity index (χ1n) is 9.58. The SMILES string of the molecule is Cc1ncc(NC(=O)N2CC3CC(N(C)c4ncnc5[nH]ccc45)CC3C2)s1. The van der Waals surface area contributed by atoms with Gasteiger partial charge in [-0.15, -0.1) is 11.3 Å².